The highest BCUT2D eigenvalue weighted by Crippen LogP contribution is 2.12. The number of unbranched alkanes of at least 4 members (excludes halogenated alkanes) is 5. The number of aryl methyl sites for hydroxylation is 1. The monoisotopic (exact) mass is 290 g/mol. The second-order valence-corrected chi connectivity index (χ2v) is 6.22. The van der Waals surface area contributed by atoms with Crippen molar-refractivity contribution in [3.05, 3.63) is 18.0 Å². The molecule has 4 heteroatoms. The summed E-state index contributed by atoms with van der Waals surface area (Å²) in [5.41, 5.74) is 0.0383. The second-order valence-electron chi connectivity index (χ2n) is 6.22. The highest BCUT2D eigenvalue weighted by atomic mass is 16.6. The molecule has 0 amide bonds. The molecule has 0 aliphatic carbocycles. The molecule has 0 fully saturated rings. The van der Waals surface area contributed by atoms with E-state index in [1.807, 2.05) is 20.8 Å². The van der Waals surface area contributed by atoms with Crippen molar-refractivity contribution in [1.29, 1.82) is 0 Å². The van der Waals surface area contributed by atoms with Gasteiger partial charge in [0.05, 0.1) is 11.8 Å². The first-order valence-corrected chi connectivity index (χ1v) is 7.61. The third kappa shape index (κ3) is 7.55. The van der Waals surface area contributed by atoms with Crippen molar-refractivity contribution in [2.45, 2.75) is 71.4 Å². The first-order chi connectivity index (χ1) is 9.92. The number of hydrogen-bond acceptors (Lipinski definition) is 3. The number of carbonyl (C=O) groups is 1. The number of rotatable bonds is 8. The van der Waals surface area contributed by atoms with Crippen LogP contribution in [0.4, 0.5) is 0 Å². The van der Waals surface area contributed by atoms with Gasteiger partial charge in [0.1, 0.15) is 5.60 Å². The molecule has 0 N–H and O–H groups in total. The molecule has 0 bridgehead atoms. The van der Waals surface area contributed by atoms with Crippen LogP contribution >= 0.6 is 0 Å². The van der Waals surface area contributed by atoms with Crippen LogP contribution in [0, 0.1) is 12.3 Å². The molecule has 0 spiro atoms. The lowest BCUT2D eigenvalue weighted by molar-refractivity contribution is 0.00694. The van der Waals surface area contributed by atoms with Crippen LogP contribution in [-0.2, 0) is 11.3 Å². The maximum Gasteiger partial charge on any atom is 0.341 e. The van der Waals surface area contributed by atoms with Gasteiger partial charge in [-0.2, -0.15) is 5.10 Å². The predicted octanol–water partition coefficient (Wildman–Crippen LogP) is 3.81. The molecule has 0 saturated heterocycles. The molecule has 0 atom stereocenters. The van der Waals surface area contributed by atoms with Gasteiger partial charge >= 0.3 is 5.97 Å². The Bertz CT molecular complexity index is 478. The molecule has 0 saturated carbocycles. The maximum atomic E-state index is 11.9. The number of ether oxygens (including phenoxy) is 1. The average Bonchev–Trinajstić information content (AvgIpc) is 2.84. The zero-order valence-corrected chi connectivity index (χ0v) is 13.4. The van der Waals surface area contributed by atoms with Crippen LogP contribution < -0.4 is 0 Å². The van der Waals surface area contributed by atoms with Gasteiger partial charge in [0.2, 0.25) is 0 Å². The Morgan fingerprint density at radius 2 is 1.95 bits per heavy atom. The van der Waals surface area contributed by atoms with Crippen LogP contribution in [0.2, 0.25) is 0 Å². The van der Waals surface area contributed by atoms with Gasteiger partial charge in [-0.15, -0.1) is 12.3 Å². The Morgan fingerprint density at radius 3 is 2.62 bits per heavy atom. The summed E-state index contributed by atoms with van der Waals surface area (Å²) >= 11 is 0. The van der Waals surface area contributed by atoms with Gasteiger partial charge < -0.3 is 4.74 Å². The standard InChI is InChI=1S/C17H26N2O2/c1-5-6-7-8-9-10-11-12-19-14-15(13-18-19)16(20)21-17(2,3)4/h1,13-14H,6-12H2,2-4H3. The number of carbonyl (C=O) groups excluding carboxylic acids is 1. The second kappa shape index (κ2) is 8.51. The molecule has 21 heavy (non-hydrogen) atoms. The van der Waals surface area contributed by atoms with Gasteiger partial charge in [-0.25, -0.2) is 4.79 Å². The van der Waals surface area contributed by atoms with Crippen molar-refractivity contribution in [2.75, 3.05) is 0 Å². The van der Waals surface area contributed by atoms with Gasteiger partial charge in [0, 0.05) is 19.2 Å². The molecule has 0 aromatic carbocycles. The number of hydrogen-bond donors (Lipinski definition) is 0. The maximum absolute atomic E-state index is 11.9. The minimum absolute atomic E-state index is 0.317. The molecule has 0 aliphatic rings. The summed E-state index contributed by atoms with van der Waals surface area (Å²) in [5.74, 6) is 2.34. The lowest BCUT2D eigenvalue weighted by Gasteiger charge is -2.18. The van der Waals surface area contributed by atoms with Gasteiger partial charge in [-0.1, -0.05) is 19.3 Å². The smallest absolute Gasteiger partial charge is 0.341 e. The van der Waals surface area contributed by atoms with Crippen molar-refractivity contribution in [3.8, 4) is 12.3 Å². The number of aromatic nitrogens is 2. The number of esters is 1. The van der Waals surface area contributed by atoms with E-state index in [1.165, 1.54) is 12.8 Å². The van der Waals surface area contributed by atoms with Crippen LogP contribution in [0.3, 0.4) is 0 Å². The van der Waals surface area contributed by atoms with Gasteiger partial charge in [-0.05, 0) is 33.6 Å². The fourth-order valence-electron chi connectivity index (χ4n) is 1.96. The first kappa shape index (κ1) is 17.3. The van der Waals surface area contributed by atoms with E-state index in [-0.39, 0.29) is 5.97 Å². The van der Waals surface area contributed by atoms with Crippen LogP contribution in [0.1, 0.15) is 69.7 Å². The Balaban J connectivity index is 2.26. The molecule has 0 radical (unpaired) electrons. The van der Waals surface area contributed by atoms with E-state index >= 15 is 0 Å². The van der Waals surface area contributed by atoms with E-state index < -0.39 is 5.60 Å². The summed E-state index contributed by atoms with van der Waals surface area (Å²) in [6.45, 7) is 6.40. The molecule has 0 unspecified atom stereocenters. The minimum atomic E-state index is -0.475. The normalized spacial score (nSPS) is 11.1. The fourth-order valence-corrected chi connectivity index (χ4v) is 1.96. The largest absolute Gasteiger partial charge is 0.456 e. The number of nitrogens with zero attached hydrogens (tertiary/aromatic N) is 2. The van der Waals surface area contributed by atoms with E-state index in [2.05, 4.69) is 11.0 Å². The molecular formula is C17H26N2O2. The molecular weight excluding hydrogens is 264 g/mol. The third-order valence-corrected chi connectivity index (χ3v) is 2.98. The summed E-state index contributed by atoms with van der Waals surface area (Å²) < 4.78 is 7.12. The van der Waals surface area contributed by atoms with Gasteiger partial charge in [0.25, 0.3) is 0 Å². The fraction of sp³-hybridized carbons (Fsp3) is 0.647. The first-order valence-electron chi connectivity index (χ1n) is 7.61. The quantitative estimate of drug-likeness (QED) is 0.415. The summed E-state index contributed by atoms with van der Waals surface area (Å²) in [7, 11) is 0. The molecule has 1 rings (SSSR count). The zero-order chi connectivity index (χ0) is 15.7. The minimum Gasteiger partial charge on any atom is -0.456 e. The van der Waals surface area contributed by atoms with E-state index in [4.69, 9.17) is 11.2 Å². The van der Waals surface area contributed by atoms with E-state index in [0.717, 1.165) is 32.2 Å². The Hall–Kier alpha value is -1.76. The van der Waals surface area contributed by atoms with Gasteiger partial charge in [-0.3, -0.25) is 4.68 Å². The lowest BCUT2D eigenvalue weighted by Crippen LogP contribution is -2.23. The highest BCUT2D eigenvalue weighted by molar-refractivity contribution is 5.89. The zero-order valence-electron chi connectivity index (χ0n) is 13.4. The Labute approximate surface area is 127 Å². The lowest BCUT2D eigenvalue weighted by atomic mass is 10.1. The van der Waals surface area contributed by atoms with Crippen molar-refractivity contribution in [3.63, 3.8) is 0 Å². The average molecular weight is 290 g/mol. The predicted molar refractivity (Wildman–Crippen MR) is 83.9 cm³/mol. The molecule has 1 heterocycles. The Morgan fingerprint density at radius 1 is 1.29 bits per heavy atom. The van der Waals surface area contributed by atoms with Crippen molar-refractivity contribution >= 4 is 5.97 Å². The van der Waals surface area contributed by atoms with Crippen molar-refractivity contribution in [1.82, 2.24) is 9.78 Å². The Kier molecular flexibility index (Phi) is 7.01. The molecule has 116 valence electrons. The third-order valence-electron chi connectivity index (χ3n) is 2.98. The van der Waals surface area contributed by atoms with Crippen LogP contribution in [-0.4, -0.2) is 21.4 Å². The van der Waals surface area contributed by atoms with Crippen LogP contribution in [0.5, 0.6) is 0 Å². The molecule has 1 aromatic rings. The van der Waals surface area contributed by atoms with Crippen LogP contribution in [0.15, 0.2) is 12.4 Å². The van der Waals surface area contributed by atoms with Crippen molar-refractivity contribution < 1.29 is 9.53 Å². The van der Waals surface area contributed by atoms with Crippen molar-refractivity contribution in [2.24, 2.45) is 0 Å². The SMILES string of the molecule is C#CCCCCCCCn1cc(C(=O)OC(C)(C)C)cn1. The summed E-state index contributed by atoms with van der Waals surface area (Å²) in [6.07, 6.45) is 15.1. The highest BCUT2D eigenvalue weighted by Gasteiger charge is 2.18. The van der Waals surface area contributed by atoms with Crippen LogP contribution in [0.25, 0.3) is 0 Å². The summed E-state index contributed by atoms with van der Waals surface area (Å²) in [5, 5.41) is 4.20. The number of terminal acetylenes is 1. The van der Waals surface area contributed by atoms with E-state index in [0.29, 0.717) is 5.56 Å². The molecule has 1 aromatic heterocycles. The van der Waals surface area contributed by atoms with Gasteiger partial charge in [0.15, 0.2) is 0 Å². The van der Waals surface area contributed by atoms with E-state index in [1.54, 1.807) is 17.1 Å². The topological polar surface area (TPSA) is 44.1 Å². The molecule has 4 nitrogen and oxygen atoms in total. The molecule has 0 aliphatic heterocycles. The summed E-state index contributed by atoms with van der Waals surface area (Å²) in [4.78, 5) is 11.9. The summed E-state index contributed by atoms with van der Waals surface area (Å²) in [6, 6.07) is 0. The van der Waals surface area contributed by atoms with E-state index in [9.17, 15) is 4.79 Å².